The molecule has 0 aromatic carbocycles. The molecule has 1 aromatic rings. The van der Waals surface area contributed by atoms with Gasteiger partial charge in [0.2, 0.25) is 5.95 Å². The number of nitrogens with zero attached hydrogens (tertiary/aromatic N) is 1. The highest BCUT2D eigenvalue weighted by Gasteiger charge is 2.36. The summed E-state index contributed by atoms with van der Waals surface area (Å²) in [6.45, 7) is 0. The van der Waals surface area contributed by atoms with Crippen LogP contribution in [0.15, 0.2) is 18.2 Å². The Hall–Kier alpha value is -0.900. The predicted molar refractivity (Wildman–Crippen MR) is 70.3 cm³/mol. The highest BCUT2D eigenvalue weighted by atomic mass is 32.2. The first-order valence-electron chi connectivity index (χ1n) is 6.54. The molecule has 0 amide bonds. The summed E-state index contributed by atoms with van der Waals surface area (Å²) in [5.41, 5.74) is 0.296. The molecule has 3 heterocycles. The molecular weight excluding hydrogens is 249 g/mol. The molecule has 96 valence electrons. The fourth-order valence-corrected chi connectivity index (χ4v) is 4.86. The number of carbonyl (C=O) groups is 1. The molecule has 3 rings (SSSR count). The molecule has 4 heteroatoms. The maximum Gasteiger partial charge on any atom is 0.213 e. The van der Waals surface area contributed by atoms with E-state index in [9.17, 15) is 9.18 Å². The Balaban J connectivity index is 1.76. The van der Waals surface area contributed by atoms with Crippen molar-refractivity contribution in [2.24, 2.45) is 5.92 Å². The first kappa shape index (κ1) is 12.2. The molecule has 0 spiro atoms. The van der Waals surface area contributed by atoms with Crippen LogP contribution in [0, 0.1) is 11.9 Å². The fourth-order valence-electron chi connectivity index (χ4n) is 3.03. The quantitative estimate of drug-likeness (QED) is 0.606. The van der Waals surface area contributed by atoms with Gasteiger partial charge in [-0.05, 0) is 37.8 Å². The van der Waals surface area contributed by atoms with Crippen LogP contribution in [-0.4, -0.2) is 21.3 Å². The summed E-state index contributed by atoms with van der Waals surface area (Å²) in [6, 6.07) is 4.47. The molecular formula is C14H16FNOS. The minimum atomic E-state index is -0.564. The fraction of sp³-hybridized carbons (Fsp3) is 0.571. The summed E-state index contributed by atoms with van der Waals surface area (Å²) in [7, 11) is 0. The van der Waals surface area contributed by atoms with Crippen LogP contribution < -0.4 is 0 Å². The Bertz CT molecular complexity index is 453. The second-order valence-corrected chi connectivity index (χ2v) is 6.79. The van der Waals surface area contributed by atoms with Gasteiger partial charge < -0.3 is 0 Å². The van der Waals surface area contributed by atoms with E-state index in [0.717, 1.165) is 12.8 Å². The SMILES string of the molecule is O=C(c1cccc(F)n1)C1CC2CCCC(C1)S2. The molecule has 1 aromatic heterocycles. The zero-order valence-electron chi connectivity index (χ0n) is 10.1. The van der Waals surface area contributed by atoms with E-state index in [1.807, 2.05) is 11.8 Å². The van der Waals surface area contributed by atoms with E-state index < -0.39 is 5.95 Å². The first-order valence-corrected chi connectivity index (χ1v) is 7.49. The van der Waals surface area contributed by atoms with E-state index in [1.165, 1.54) is 25.3 Å². The maximum absolute atomic E-state index is 13.1. The molecule has 2 saturated heterocycles. The number of halogens is 1. The van der Waals surface area contributed by atoms with Gasteiger partial charge in [0.15, 0.2) is 5.78 Å². The van der Waals surface area contributed by atoms with Crippen molar-refractivity contribution in [3.05, 3.63) is 29.8 Å². The molecule has 2 aliphatic heterocycles. The van der Waals surface area contributed by atoms with Crippen LogP contribution in [0.3, 0.4) is 0 Å². The van der Waals surface area contributed by atoms with Crippen molar-refractivity contribution >= 4 is 17.5 Å². The lowest BCUT2D eigenvalue weighted by molar-refractivity contribution is 0.0890. The topological polar surface area (TPSA) is 30.0 Å². The smallest absolute Gasteiger partial charge is 0.213 e. The number of aromatic nitrogens is 1. The van der Waals surface area contributed by atoms with E-state index in [-0.39, 0.29) is 11.7 Å². The van der Waals surface area contributed by atoms with Crippen LogP contribution in [0.5, 0.6) is 0 Å². The number of hydrogen-bond donors (Lipinski definition) is 0. The summed E-state index contributed by atoms with van der Waals surface area (Å²) in [5.74, 6) is -0.478. The number of fused-ring (bicyclic) bond motifs is 2. The highest BCUT2D eigenvalue weighted by Crippen LogP contribution is 2.44. The number of Topliss-reactive ketones (excluding diaryl/α,β-unsaturated/α-hetero) is 1. The van der Waals surface area contributed by atoms with Crippen molar-refractivity contribution in [1.29, 1.82) is 0 Å². The number of carbonyl (C=O) groups excluding carboxylic acids is 1. The van der Waals surface area contributed by atoms with Gasteiger partial charge in [0, 0.05) is 16.4 Å². The second-order valence-electron chi connectivity index (χ2n) is 5.19. The third-order valence-electron chi connectivity index (χ3n) is 3.87. The Morgan fingerprint density at radius 2 is 2.00 bits per heavy atom. The van der Waals surface area contributed by atoms with Crippen molar-refractivity contribution < 1.29 is 9.18 Å². The molecule has 2 aliphatic rings. The molecule has 18 heavy (non-hydrogen) atoms. The van der Waals surface area contributed by atoms with Crippen LogP contribution in [0.2, 0.25) is 0 Å². The van der Waals surface area contributed by atoms with Gasteiger partial charge in [-0.25, -0.2) is 4.98 Å². The summed E-state index contributed by atoms with van der Waals surface area (Å²) in [6.07, 6.45) is 5.63. The third-order valence-corrected chi connectivity index (χ3v) is 5.50. The van der Waals surface area contributed by atoms with Gasteiger partial charge in [0.25, 0.3) is 0 Å². The van der Waals surface area contributed by atoms with Crippen molar-refractivity contribution in [1.82, 2.24) is 4.98 Å². The van der Waals surface area contributed by atoms with Gasteiger partial charge in [0.05, 0.1) is 0 Å². The number of thioether (sulfide) groups is 1. The van der Waals surface area contributed by atoms with Gasteiger partial charge in [-0.3, -0.25) is 4.79 Å². The molecule has 2 atom stereocenters. The molecule has 0 N–H and O–H groups in total. The Kier molecular flexibility index (Phi) is 3.37. The predicted octanol–water partition coefficient (Wildman–Crippen LogP) is 3.47. The highest BCUT2D eigenvalue weighted by molar-refractivity contribution is 8.00. The molecule has 0 aliphatic carbocycles. The lowest BCUT2D eigenvalue weighted by Crippen LogP contribution is -2.33. The average Bonchev–Trinajstić information content (AvgIpc) is 2.37. The average molecular weight is 265 g/mol. The van der Waals surface area contributed by atoms with Crippen LogP contribution in [0.4, 0.5) is 4.39 Å². The molecule has 2 bridgehead atoms. The molecule has 0 saturated carbocycles. The monoisotopic (exact) mass is 265 g/mol. The molecule has 2 unspecified atom stereocenters. The Morgan fingerprint density at radius 1 is 1.28 bits per heavy atom. The van der Waals surface area contributed by atoms with Crippen molar-refractivity contribution in [2.45, 2.75) is 42.6 Å². The van der Waals surface area contributed by atoms with Crippen LogP contribution in [-0.2, 0) is 0 Å². The van der Waals surface area contributed by atoms with Gasteiger partial charge in [0.1, 0.15) is 5.69 Å². The lowest BCUT2D eigenvalue weighted by Gasteiger charge is -2.37. The Morgan fingerprint density at radius 3 is 2.67 bits per heavy atom. The molecule has 0 radical (unpaired) electrons. The maximum atomic E-state index is 13.1. The number of pyridine rings is 1. The minimum Gasteiger partial charge on any atom is -0.292 e. The summed E-state index contributed by atoms with van der Waals surface area (Å²) in [5, 5.41) is 1.25. The van der Waals surface area contributed by atoms with Gasteiger partial charge in [-0.1, -0.05) is 12.5 Å². The van der Waals surface area contributed by atoms with Crippen molar-refractivity contribution in [3.63, 3.8) is 0 Å². The number of ketones is 1. The lowest BCUT2D eigenvalue weighted by atomic mass is 9.85. The minimum absolute atomic E-state index is 0.0340. The normalized spacial score (nSPS) is 31.1. The van der Waals surface area contributed by atoms with Gasteiger partial charge >= 0.3 is 0 Å². The second kappa shape index (κ2) is 5.00. The Labute approximate surface area is 110 Å². The van der Waals surface area contributed by atoms with Crippen molar-refractivity contribution in [2.75, 3.05) is 0 Å². The zero-order valence-corrected chi connectivity index (χ0v) is 11.0. The third kappa shape index (κ3) is 2.44. The number of hydrogen-bond acceptors (Lipinski definition) is 3. The van der Waals surface area contributed by atoms with Crippen LogP contribution in [0.25, 0.3) is 0 Å². The molecule has 2 nitrogen and oxygen atoms in total. The first-order chi connectivity index (χ1) is 8.72. The van der Waals surface area contributed by atoms with Crippen LogP contribution >= 0.6 is 11.8 Å². The summed E-state index contributed by atoms with van der Waals surface area (Å²) < 4.78 is 13.1. The summed E-state index contributed by atoms with van der Waals surface area (Å²) in [4.78, 5) is 16.1. The van der Waals surface area contributed by atoms with Crippen LogP contribution in [0.1, 0.15) is 42.6 Å². The summed E-state index contributed by atoms with van der Waals surface area (Å²) >= 11 is 2.05. The zero-order chi connectivity index (χ0) is 12.5. The van der Waals surface area contributed by atoms with Gasteiger partial charge in [-0.15, -0.1) is 0 Å². The standard InChI is InChI=1S/C14H16FNOS/c15-13-6-2-5-12(16-13)14(17)9-7-10-3-1-4-11(8-9)18-10/h2,5-6,9-11H,1,3-4,7-8H2. The molecule has 2 fully saturated rings. The van der Waals surface area contributed by atoms with E-state index in [1.54, 1.807) is 12.1 Å². The largest absolute Gasteiger partial charge is 0.292 e. The van der Waals surface area contributed by atoms with E-state index in [4.69, 9.17) is 0 Å². The van der Waals surface area contributed by atoms with E-state index >= 15 is 0 Å². The van der Waals surface area contributed by atoms with E-state index in [0.29, 0.717) is 16.2 Å². The van der Waals surface area contributed by atoms with Gasteiger partial charge in [-0.2, -0.15) is 16.2 Å². The number of rotatable bonds is 2. The van der Waals surface area contributed by atoms with E-state index in [2.05, 4.69) is 4.98 Å². The van der Waals surface area contributed by atoms with Crippen molar-refractivity contribution in [3.8, 4) is 0 Å².